The molecule has 2 aromatic rings. The molecule has 0 atom stereocenters. The van der Waals surface area contributed by atoms with Gasteiger partial charge in [-0.05, 0) is 19.1 Å². The van der Waals surface area contributed by atoms with Gasteiger partial charge in [-0.1, -0.05) is 0 Å². The van der Waals surface area contributed by atoms with Gasteiger partial charge in [0.1, 0.15) is 0 Å². The highest BCUT2D eigenvalue weighted by atomic mass is 32.1. The number of methoxy groups -OCH3 is 1. The Morgan fingerprint density at radius 1 is 1.50 bits per heavy atom. The fourth-order valence-corrected chi connectivity index (χ4v) is 2.40. The minimum atomic E-state index is 0.660. The number of benzene rings is 1. The van der Waals surface area contributed by atoms with Crippen molar-refractivity contribution in [2.75, 3.05) is 31.3 Å². The molecule has 0 saturated carbocycles. The van der Waals surface area contributed by atoms with Crippen LogP contribution in [0.5, 0.6) is 0 Å². The van der Waals surface area contributed by atoms with Crippen LogP contribution in [0.4, 0.5) is 11.4 Å². The van der Waals surface area contributed by atoms with Crippen LogP contribution >= 0.6 is 11.3 Å². The van der Waals surface area contributed by atoms with E-state index < -0.39 is 0 Å². The van der Waals surface area contributed by atoms with Crippen LogP contribution < -0.4 is 11.1 Å². The van der Waals surface area contributed by atoms with Crippen molar-refractivity contribution in [3.8, 4) is 0 Å². The summed E-state index contributed by atoms with van der Waals surface area (Å²) in [6, 6.07) is 3.96. The maximum Gasteiger partial charge on any atom is 0.0907 e. The quantitative estimate of drug-likeness (QED) is 0.632. The molecule has 86 valence electrons. The van der Waals surface area contributed by atoms with Gasteiger partial charge in [0, 0.05) is 13.7 Å². The summed E-state index contributed by atoms with van der Waals surface area (Å²) in [7, 11) is 1.68. The highest BCUT2D eigenvalue weighted by Gasteiger charge is 2.05. The molecule has 0 spiro atoms. The Kier molecular flexibility index (Phi) is 3.26. The van der Waals surface area contributed by atoms with E-state index in [1.54, 1.807) is 18.4 Å². The van der Waals surface area contributed by atoms with E-state index in [0.29, 0.717) is 6.61 Å². The number of rotatable bonds is 4. The first-order valence-electron chi connectivity index (χ1n) is 5.10. The number of ether oxygens (including phenoxy) is 1. The molecule has 0 aliphatic carbocycles. The van der Waals surface area contributed by atoms with Crippen molar-refractivity contribution in [1.82, 2.24) is 4.98 Å². The second-order valence-corrected chi connectivity index (χ2v) is 4.79. The van der Waals surface area contributed by atoms with Gasteiger partial charge in [0.25, 0.3) is 0 Å². The molecule has 1 aromatic heterocycles. The molecule has 3 N–H and O–H groups in total. The number of thiazole rings is 1. The number of fused-ring (bicyclic) bond motifs is 1. The Morgan fingerprint density at radius 2 is 2.31 bits per heavy atom. The number of nitrogens with two attached hydrogens (primary N) is 1. The summed E-state index contributed by atoms with van der Waals surface area (Å²) in [4.78, 5) is 4.43. The number of nitrogens with one attached hydrogen (secondary N) is 1. The second-order valence-electron chi connectivity index (χ2n) is 3.56. The topological polar surface area (TPSA) is 60.2 Å². The van der Waals surface area contributed by atoms with Crippen molar-refractivity contribution in [2.24, 2.45) is 0 Å². The van der Waals surface area contributed by atoms with Crippen LogP contribution in [-0.2, 0) is 4.74 Å². The molecule has 5 heteroatoms. The van der Waals surface area contributed by atoms with Crippen LogP contribution in [0, 0.1) is 6.92 Å². The zero-order valence-electron chi connectivity index (χ0n) is 9.41. The van der Waals surface area contributed by atoms with Crippen molar-refractivity contribution in [3.63, 3.8) is 0 Å². The molecule has 0 bridgehead atoms. The number of nitrogens with zero attached hydrogens (tertiary/aromatic N) is 1. The minimum absolute atomic E-state index is 0.660. The number of aryl methyl sites for hydroxylation is 1. The van der Waals surface area contributed by atoms with Gasteiger partial charge in [-0.3, -0.25) is 0 Å². The van der Waals surface area contributed by atoms with E-state index in [0.717, 1.165) is 33.1 Å². The summed E-state index contributed by atoms with van der Waals surface area (Å²) in [5, 5.41) is 4.29. The third-order valence-electron chi connectivity index (χ3n) is 2.29. The normalized spacial score (nSPS) is 10.9. The summed E-state index contributed by atoms with van der Waals surface area (Å²) in [6.45, 7) is 3.40. The molecule has 0 unspecified atom stereocenters. The van der Waals surface area contributed by atoms with E-state index in [1.165, 1.54) is 0 Å². The summed E-state index contributed by atoms with van der Waals surface area (Å²) in [5.41, 5.74) is 8.63. The molecule has 0 radical (unpaired) electrons. The van der Waals surface area contributed by atoms with Gasteiger partial charge >= 0.3 is 0 Å². The predicted octanol–water partition coefficient (Wildman–Crippen LogP) is 2.25. The van der Waals surface area contributed by atoms with E-state index in [2.05, 4.69) is 10.3 Å². The zero-order chi connectivity index (χ0) is 11.5. The molecule has 16 heavy (non-hydrogen) atoms. The monoisotopic (exact) mass is 237 g/mol. The highest BCUT2D eigenvalue weighted by molar-refractivity contribution is 7.18. The van der Waals surface area contributed by atoms with Gasteiger partial charge in [0.05, 0.1) is 33.2 Å². The van der Waals surface area contributed by atoms with Gasteiger partial charge in [-0.15, -0.1) is 11.3 Å². The van der Waals surface area contributed by atoms with Crippen LogP contribution in [0.25, 0.3) is 10.2 Å². The lowest BCUT2D eigenvalue weighted by Gasteiger charge is -2.08. The standard InChI is InChI=1S/C11H15N3OS/c1-7-14-10-6-9(13-3-4-15-2)8(12)5-11(10)16-7/h5-6,13H,3-4,12H2,1-2H3. The number of hydrogen-bond acceptors (Lipinski definition) is 5. The van der Waals surface area contributed by atoms with Crippen LogP contribution in [0.1, 0.15) is 5.01 Å². The van der Waals surface area contributed by atoms with Gasteiger partial charge in [0.15, 0.2) is 0 Å². The average molecular weight is 237 g/mol. The molecular formula is C11H15N3OS. The van der Waals surface area contributed by atoms with E-state index >= 15 is 0 Å². The zero-order valence-corrected chi connectivity index (χ0v) is 10.2. The lowest BCUT2D eigenvalue weighted by molar-refractivity contribution is 0.211. The maximum atomic E-state index is 5.95. The minimum Gasteiger partial charge on any atom is -0.397 e. The van der Waals surface area contributed by atoms with E-state index in [4.69, 9.17) is 10.5 Å². The van der Waals surface area contributed by atoms with E-state index in [9.17, 15) is 0 Å². The molecule has 1 aromatic carbocycles. The first-order valence-corrected chi connectivity index (χ1v) is 5.92. The Hall–Kier alpha value is -1.33. The third kappa shape index (κ3) is 2.25. The van der Waals surface area contributed by atoms with Crippen LogP contribution in [-0.4, -0.2) is 25.2 Å². The Balaban J connectivity index is 2.27. The highest BCUT2D eigenvalue weighted by Crippen LogP contribution is 2.29. The fraction of sp³-hybridized carbons (Fsp3) is 0.364. The van der Waals surface area contributed by atoms with Gasteiger partial charge < -0.3 is 15.8 Å². The van der Waals surface area contributed by atoms with Crippen molar-refractivity contribution in [3.05, 3.63) is 17.1 Å². The number of hydrogen-bond donors (Lipinski definition) is 2. The van der Waals surface area contributed by atoms with Gasteiger partial charge in [-0.25, -0.2) is 4.98 Å². The SMILES string of the molecule is COCCNc1cc2nc(C)sc2cc1N. The number of aromatic nitrogens is 1. The molecule has 1 heterocycles. The van der Waals surface area contributed by atoms with Crippen LogP contribution in [0.2, 0.25) is 0 Å². The fourth-order valence-electron chi connectivity index (χ4n) is 1.55. The van der Waals surface area contributed by atoms with Crippen molar-refractivity contribution >= 4 is 32.9 Å². The molecule has 0 amide bonds. The lowest BCUT2D eigenvalue weighted by atomic mass is 10.2. The molecule has 0 saturated heterocycles. The van der Waals surface area contributed by atoms with Crippen molar-refractivity contribution in [2.45, 2.75) is 6.92 Å². The second kappa shape index (κ2) is 4.67. The average Bonchev–Trinajstić information content (AvgIpc) is 2.58. The Bertz CT molecular complexity index is 495. The van der Waals surface area contributed by atoms with Crippen molar-refractivity contribution < 1.29 is 4.74 Å². The smallest absolute Gasteiger partial charge is 0.0907 e. The predicted molar refractivity (Wildman–Crippen MR) is 69.1 cm³/mol. The molecule has 0 aliphatic heterocycles. The largest absolute Gasteiger partial charge is 0.397 e. The summed E-state index contributed by atoms with van der Waals surface area (Å²) in [6.07, 6.45) is 0. The number of nitrogen functional groups attached to an aromatic ring is 1. The van der Waals surface area contributed by atoms with Gasteiger partial charge in [0.2, 0.25) is 0 Å². The van der Waals surface area contributed by atoms with Crippen LogP contribution in [0.3, 0.4) is 0 Å². The lowest BCUT2D eigenvalue weighted by Crippen LogP contribution is -2.09. The maximum absolute atomic E-state index is 5.95. The summed E-state index contributed by atoms with van der Waals surface area (Å²) in [5.74, 6) is 0. The Morgan fingerprint density at radius 3 is 3.06 bits per heavy atom. The van der Waals surface area contributed by atoms with Gasteiger partial charge in [-0.2, -0.15) is 0 Å². The molecule has 0 fully saturated rings. The molecule has 4 nitrogen and oxygen atoms in total. The van der Waals surface area contributed by atoms with Crippen molar-refractivity contribution in [1.29, 1.82) is 0 Å². The summed E-state index contributed by atoms with van der Waals surface area (Å²) < 4.78 is 6.11. The molecule has 0 aliphatic rings. The van der Waals surface area contributed by atoms with E-state index in [-0.39, 0.29) is 0 Å². The first kappa shape index (κ1) is 11.2. The summed E-state index contributed by atoms with van der Waals surface area (Å²) >= 11 is 1.66. The number of anilines is 2. The molecular weight excluding hydrogens is 222 g/mol. The van der Waals surface area contributed by atoms with E-state index in [1.807, 2.05) is 19.1 Å². The Labute approximate surface area is 98.4 Å². The third-order valence-corrected chi connectivity index (χ3v) is 3.22. The molecule has 2 rings (SSSR count). The van der Waals surface area contributed by atoms with Crippen LogP contribution in [0.15, 0.2) is 12.1 Å². The first-order chi connectivity index (χ1) is 7.70.